The molecular weight excluding hydrogens is 502 g/mol. The molecule has 2 N–H and O–H groups in total. The third kappa shape index (κ3) is 20.8. The molecule has 0 saturated heterocycles. The average Bonchev–Trinajstić information content (AvgIpc) is 2.95. The van der Waals surface area contributed by atoms with Crippen molar-refractivity contribution >= 4 is 11.9 Å². The summed E-state index contributed by atoms with van der Waals surface area (Å²) < 4.78 is 11.2. The van der Waals surface area contributed by atoms with Gasteiger partial charge in [-0.1, -0.05) is 97.3 Å². The number of hydrogen-bond donors (Lipinski definition) is 2. The van der Waals surface area contributed by atoms with Crippen molar-refractivity contribution < 1.29 is 24.2 Å². The van der Waals surface area contributed by atoms with Crippen LogP contribution < -0.4 is 5.32 Å². The maximum atomic E-state index is 12.5. The Morgan fingerprint density at radius 1 is 0.700 bits per heavy atom. The first kappa shape index (κ1) is 35.9. The van der Waals surface area contributed by atoms with Crippen LogP contribution >= 0.6 is 0 Å². The summed E-state index contributed by atoms with van der Waals surface area (Å²) in [6.45, 7) is 6.32. The monoisotopic (exact) mass is 561 g/mol. The Kier molecular flexibility index (Phi) is 23.2. The highest BCUT2D eigenvalue weighted by atomic mass is 16.5. The summed E-state index contributed by atoms with van der Waals surface area (Å²) in [4.78, 5) is 24.4. The molecule has 0 saturated carbocycles. The second-order valence-electron chi connectivity index (χ2n) is 11.2. The highest BCUT2D eigenvalue weighted by molar-refractivity contribution is 5.89. The Bertz CT molecular complexity index is 720. The lowest BCUT2D eigenvalue weighted by molar-refractivity contribution is -0.150. The highest BCUT2D eigenvalue weighted by Gasteiger charge is 2.14. The lowest BCUT2D eigenvalue weighted by atomic mass is 10.0. The number of hydrogen-bond acceptors (Lipinski definition) is 6. The van der Waals surface area contributed by atoms with E-state index >= 15 is 0 Å². The minimum Gasteiger partial charge on any atom is -0.508 e. The maximum Gasteiger partial charge on any atom is 0.338 e. The summed E-state index contributed by atoms with van der Waals surface area (Å²) in [5.74, 6) is -0.258. The van der Waals surface area contributed by atoms with Crippen LogP contribution in [0, 0.1) is 0 Å². The Morgan fingerprint density at radius 3 is 1.82 bits per heavy atom. The van der Waals surface area contributed by atoms with Crippen LogP contribution in [0.25, 0.3) is 0 Å². The number of aromatic hydroxyl groups is 1. The second kappa shape index (κ2) is 25.9. The zero-order chi connectivity index (χ0) is 29.1. The van der Waals surface area contributed by atoms with Crippen molar-refractivity contribution in [2.45, 2.75) is 148 Å². The van der Waals surface area contributed by atoms with Crippen LogP contribution in [0.2, 0.25) is 0 Å². The molecule has 0 aliphatic rings. The van der Waals surface area contributed by atoms with Gasteiger partial charge in [0.05, 0.1) is 5.56 Å². The molecule has 0 aliphatic heterocycles. The van der Waals surface area contributed by atoms with E-state index in [1.165, 1.54) is 89.2 Å². The van der Waals surface area contributed by atoms with Crippen LogP contribution in [-0.2, 0) is 14.3 Å². The van der Waals surface area contributed by atoms with Gasteiger partial charge < -0.3 is 19.9 Å². The van der Waals surface area contributed by atoms with Gasteiger partial charge in [0.15, 0.2) is 0 Å². The van der Waals surface area contributed by atoms with Gasteiger partial charge in [0.25, 0.3) is 0 Å². The fourth-order valence-corrected chi connectivity index (χ4v) is 4.88. The summed E-state index contributed by atoms with van der Waals surface area (Å²) in [5, 5.41) is 12.6. The number of benzene rings is 1. The van der Waals surface area contributed by atoms with Gasteiger partial charge in [-0.15, -0.1) is 0 Å². The van der Waals surface area contributed by atoms with E-state index in [2.05, 4.69) is 19.2 Å². The molecule has 0 radical (unpaired) electrons. The minimum atomic E-state index is -0.378. The first-order chi connectivity index (χ1) is 19.6. The Balaban J connectivity index is 2.07. The molecule has 0 fully saturated rings. The minimum absolute atomic E-state index is 0.00881. The van der Waals surface area contributed by atoms with E-state index in [0.717, 1.165) is 51.5 Å². The normalized spacial score (nSPS) is 11.2. The maximum absolute atomic E-state index is 12.5. The zero-order valence-electron chi connectivity index (χ0n) is 25.7. The summed E-state index contributed by atoms with van der Waals surface area (Å²) in [6, 6.07) is 6.05. The lowest BCUT2D eigenvalue weighted by Crippen LogP contribution is -2.22. The predicted octanol–water partition coefficient (Wildman–Crippen LogP) is 8.89. The highest BCUT2D eigenvalue weighted by Crippen LogP contribution is 2.18. The van der Waals surface area contributed by atoms with Crippen molar-refractivity contribution in [2.75, 3.05) is 19.7 Å². The van der Waals surface area contributed by atoms with Crippen LogP contribution in [0.5, 0.6) is 5.75 Å². The quantitative estimate of drug-likeness (QED) is 0.0824. The van der Waals surface area contributed by atoms with Crippen LogP contribution in [0.1, 0.15) is 153 Å². The van der Waals surface area contributed by atoms with Crippen molar-refractivity contribution in [3.63, 3.8) is 0 Å². The summed E-state index contributed by atoms with van der Waals surface area (Å²) in [5.41, 5.74) is 0.438. The molecule has 0 spiro atoms. The van der Waals surface area contributed by atoms with Crippen molar-refractivity contribution in [3.05, 3.63) is 29.8 Å². The number of unbranched alkanes of at least 4 members (excludes halogenated alkanes) is 14. The smallest absolute Gasteiger partial charge is 0.338 e. The molecule has 0 aromatic heterocycles. The molecule has 1 aromatic carbocycles. The average molecular weight is 562 g/mol. The largest absolute Gasteiger partial charge is 0.508 e. The van der Waals surface area contributed by atoms with Crippen LogP contribution in [-0.4, -0.2) is 42.8 Å². The second-order valence-corrected chi connectivity index (χ2v) is 11.2. The van der Waals surface area contributed by atoms with E-state index in [0.29, 0.717) is 25.1 Å². The number of carbonyl (C=O) groups is 2. The fourth-order valence-electron chi connectivity index (χ4n) is 4.88. The Hall–Kier alpha value is -2.08. The van der Waals surface area contributed by atoms with Crippen molar-refractivity contribution in [3.8, 4) is 5.75 Å². The van der Waals surface area contributed by atoms with E-state index in [4.69, 9.17) is 9.47 Å². The van der Waals surface area contributed by atoms with Crippen LogP contribution in [0.15, 0.2) is 24.3 Å². The molecular formula is C34H59NO5. The Labute approximate surface area is 245 Å². The molecule has 0 heterocycles. The van der Waals surface area contributed by atoms with E-state index in [1.807, 2.05) is 0 Å². The number of esters is 2. The molecule has 1 aromatic rings. The summed E-state index contributed by atoms with van der Waals surface area (Å²) in [7, 11) is 0. The molecule has 0 aliphatic carbocycles. The van der Waals surface area contributed by atoms with E-state index in [-0.39, 0.29) is 23.8 Å². The van der Waals surface area contributed by atoms with Gasteiger partial charge in [-0.3, -0.25) is 4.79 Å². The third-order valence-corrected chi connectivity index (χ3v) is 7.41. The number of nitrogens with one attached hydrogen (secondary N) is 1. The number of phenols is 1. The first-order valence-electron chi connectivity index (χ1n) is 16.4. The number of rotatable bonds is 27. The molecule has 230 valence electrons. The topological polar surface area (TPSA) is 84.9 Å². The molecule has 0 atom stereocenters. The first-order valence-corrected chi connectivity index (χ1v) is 16.4. The van der Waals surface area contributed by atoms with E-state index in [9.17, 15) is 14.7 Å². The van der Waals surface area contributed by atoms with Gasteiger partial charge in [0.1, 0.15) is 18.5 Å². The van der Waals surface area contributed by atoms with Gasteiger partial charge in [-0.25, -0.2) is 4.79 Å². The number of carbonyl (C=O) groups excluding carboxylic acids is 2. The van der Waals surface area contributed by atoms with E-state index < -0.39 is 0 Å². The number of phenolic OH excluding ortho intramolecular Hbond substituents is 1. The van der Waals surface area contributed by atoms with Gasteiger partial charge in [0, 0.05) is 13.0 Å². The molecule has 6 heteroatoms. The van der Waals surface area contributed by atoms with Gasteiger partial charge in [-0.05, 0) is 69.3 Å². The van der Waals surface area contributed by atoms with Gasteiger partial charge >= 0.3 is 11.9 Å². The van der Waals surface area contributed by atoms with Crippen molar-refractivity contribution in [1.82, 2.24) is 5.32 Å². The molecule has 1 rings (SSSR count). The summed E-state index contributed by atoms with van der Waals surface area (Å²) >= 11 is 0. The van der Waals surface area contributed by atoms with Crippen molar-refractivity contribution in [1.29, 1.82) is 0 Å². The zero-order valence-corrected chi connectivity index (χ0v) is 25.7. The Morgan fingerprint density at radius 2 is 1.23 bits per heavy atom. The molecule has 0 unspecified atom stereocenters. The molecule has 40 heavy (non-hydrogen) atoms. The SMILES string of the molecule is CCCCCCCCC(CCCCCCCC)OC(=O)CCCCCCCNCCOC(=O)c1ccc(O)cc1. The molecule has 0 bridgehead atoms. The molecule has 6 nitrogen and oxygen atoms in total. The lowest BCUT2D eigenvalue weighted by Gasteiger charge is -2.18. The summed E-state index contributed by atoms with van der Waals surface area (Å²) in [6.07, 6.45) is 23.3. The van der Waals surface area contributed by atoms with E-state index in [1.54, 1.807) is 12.1 Å². The van der Waals surface area contributed by atoms with Gasteiger partial charge in [0.2, 0.25) is 0 Å². The van der Waals surface area contributed by atoms with Crippen LogP contribution in [0.3, 0.4) is 0 Å². The fraction of sp³-hybridized carbons (Fsp3) is 0.765. The van der Waals surface area contributed by atoms with Crippen LogP contribution in [0.4, 0.5) is 0 Å². The number of ether oxygens (including phenoxy) is 2. The third-order valence-electron chi connectivity index (χ3n) is 7.41. The predicted molar refractivity (Wildman–Crippen MR) is 165 cm³/mol. The van der Waals surface area contributed by atoms with Gasteiger partial charge in [-0.2, -0.15) is 0 Å². The standard InChI is InChI=1S/C34H59NO5/c1-3-5-7-9-12-16-20-32(21-17-13-10-8-6-4-2)40-33(37)22-18-14-11-15-19-27-35-28-29-39-34(38)30-23-25-31(36)26-24-30/h23-26,32,35-36H,3-22,27-29H2,1-2H3. The van der Waals surface area contributed by atoms with Crippen molar-refractivity contribution in [2.24, 2.45) is 0 Å². The molecule has 0 amide bonds.